The van der Waals surface area contributed by atoms with Crippen LogP contribution in [-0.2, 0) is 17.4 Å². The minimum atomic E-state index is -1.05. The molecule has 7 nitrogen and oxygen atoms in total. The largest absolute Gasteiger partial charge is 0.383 e. The number of aliphatic imine (C=N–C) groups is 1. The first kappa shape index (κ1) is 19.2. The second-order valence-corrected chi connectivity index (χ2v) is 8.41. The normalized spacial score (nSPS) is 30.1. The van der Waals surface area contributed by atoms with Crippen LogP contribution < -0.4 is 10.6 Å². The van der Waals surface area contributed by atoms with E-state index < -0.39 is 5.60 Å². The van der Waals surface area contributed by atoms with Crippen LogP contribution >= 0.6 is 0 Å². The molecule has 0 radical (unpaired) electrons. The summed E-state index contributed by atoms with van der Waals surface area (Å²) in [6.45, 7) is 10.3. The van der Waals surface area contributed by atoms with Gasteiger partial charge in [-0.25, -0.2) is 4.99 Å². The molecule has 3 rings (SSSR count). The predicted octanol–water partition coefficient (Wildman–Crippen LogP) is 1.39. The number of fused-ring (bicyclic) bond motifs is 1. The van der Waals surface area contributed by atoms with Gasteiger partial charge in [0.1, 0.15) is 5.60 Å². The minimum Gasteiger partial charge on any atom is -0.383 e. The maximum atomic E-state index is 10.8. The van der Waals surface area contributed by atoms with Crippen molar-refractivity contribution < 1.29 is 9.84 Å². The Balaban J connectivity index is 1.69. The summed E-state index contributed by atoms with van der Waals surface area (Å²) in [5.41, 5.74) is -0.209. The highest BCUT2D eigenvalue weighted by Gasteiger charge is 2.58. The molecule has 4 atom stereocenters. The van der Waals surface area contributed by atoms with E-state index in [1.54, 1.807) is 17.8 Å². The third-order valence-electron chi connectivity index (χ3n) is 5.84. The van der Waals surface area contributed by atoms with Crippen LogP contribution in [0.1, 0.15) is 46.1 Å². The molecule has 2 heterocycles. The van der Waals surface area contributed by atoms with E-state index in [0.717, 1.165) is 31.1 Å². The molecule has 26 heavy (non-hydrogen) atoms. The molecule has 7 heteroatoms. The van der Waals surface area contributed by atoms with Crippen LogP contribution in [-0.4, -0.2) is 52.7 Å². The first-order chi connectivity index (χ1) is 12.3. The highest BCUT2D eigenvalue weighted by molar-refractivity contribution is 5.80. The Kier molecular flexibility index (Phi) is 5.30. The highest BCUT2D eigenvalue weighted by Crippen LogP contribution is 2.51. The predicted molar refractivity (Wildman–Crippen MR) is 102 cm³/mol. The summed E-state index contributed by atoms with van der Waals surface area (Å²) in [7, 11) is 1.84. The molecular formula is C19H33N5O2. The summed E-state index contributed by atoms with van der Waals surface area (Å²) in [5, 5.41) is 21.8. The molecular weight excluding hydrogens is 330 g/mol. The van der Waals surface area contributed by atoms with Crippen molar-refractivity contribution in [1.29, 1.82) is 0 Å². The topological polar surface area (TPSA) is 83.7 Å². The van der Waals surface area contributed by atoms with Crippen molar-refractivity contribution in [2.45, 2.75) is 58.3 Å². The Labute approximate surface area is 156 Å². The maximum absolute atomic E-state index is 10.8. The summed E-state index contributed by atoms with van der Waals surface area (Å²) >= 11 is 0. The molecule has 2 fully saturated rings. The quantitative estimate of drug-likeness (QED) is 0.544. The molecule has 2 aliphatic rings. The Morgan fingerprint density at radius 1 is 1.54 bits per heavy atom. The van der Waals surface area contributed by atoms with Gasteiger partial charge >= 0.3 is 0 Å². The average molecular weight is 364 g/mol. The molecule has 1 aromatic rings. The number of aromatic nitrogens is 2. The van der Waals surface area contributed by atoms with Crippen molar-refractivity contribution in [2.24, 2.45) is 23.4 Å². The van der Waals surface area contributed by atoms with Gasteiger partial charge in [-0.2, -0.15) is 5.10 Å². The van der Waals surface area contributed by atoms with Crippen molar-refractivity contribution in [3.8, 4) is 0 Å². The van der Waals surface area contributed by atoms with Gasteiger partial charge in [0, 0.05) is 49.3 Å². The number of nitrogens with zero attached hydrogens (tertiary/aromatic N) is 3. The summed E-state index contributed by atoms with van der Waals surface area (Å²) < 4.78 is 7.68. The smallest absolute Gasteiger partial charge is 0.191 e. The zero-order valence-corrected chi connectivity index (χ0v) is 16.6. The van der Waals surface area contributed by atoms with E-state index in [2.05, 4.69) is 41.5 Å². The fraction of sp³-hybridized carbons (Fsp3) is 0.789. The van der Waals surface area contributed by atoms with Gasteiger partial charge < -0.3 is 20.5 Å². The summed E-state index contributed by atoms with van der Waals surface area (Å²) in [6.07, 6.45) is 6.16. The second-order valence-electron chi connectivity index (χ2n) is 8.41. The fourth-order valence-corrected chi connectivity index (χ4v) is 4.31. The van der Waals surface area contributed by atoms with Crippen molar-refractivity contribution >= 4 is 5.96 Å². The second kappa shape index (κ2) is 7.19. The molecule has 0 spiro atoms. The lowest BCUT2D eigenvalue weighted by Gasteiger charge is -2.60. The summed E-state index contributed by atoms with van der Waals surface area (Å²) in [5.74, 6) is 1.28. The number of nitrogens with one attached hydrogen (secondary N) is 2. The van der Waals surface area contributed by atoms with E-state index in [1.165, 1.54) is 6.42 Å². The number of hydrogen-bond acceptors (Lipinski definition) is 4. The van der Waals surface area contributed by atoms with Crippen LogP contribution in [0.4, 0.5) is 0 Å². The number of aliphatic hydroxyl groups is 1. The lowest BCUT2D eigenvalue weighted by Crippen LogP contribution is -2.71. The van der Waals surface area contributed by atoms with Crippen LogP contribution in [0.15, 0.2) is 17.4 Å². The molecule has 0 bridgehead atoms. The van der Waals surface area contributed by atoms with Crippen molar-refractivity contribution in [3.05, 3.63) is 18.0 Å². The molecule has 1 saturated heterocycles. The van der Waals surface area contributed by atoms with Crippen LogP contribution in [0, 0.1) is 11.3 Å². The van der Waals surface area contributed by atoms with Crippen molar-refractivity contribution in [1.82, 2.24) is 20.4 Å². The Morgan fingerprint density at radius 3 is 2.96 bits per heavy atom. The van der Waals surface area contributed by atoms with Gasteiger partial charge in [0.05, 0.1) is 18.8 Å². The third kappa shape index (κ3) is 3.60. The molecule has 3 N–H and O–H groups in total. The maximum Gasteiger partial charge on any atom is 0.191 e. The monoisotopic (exact) mass is 363 g/mol. The molecule has 0 amide bonds. The van der Waals surface area contributed by atoms with Gasteiger partial charge in [-0.15, -0.1) is 0 Å². The van der Waals surface area contributed by atoms with Gasteiger partial charge in [-0.1, -0.05) is 13.8 Å². The molecule has 1 saturated carbocycles. The highest BCUT2D eigenvalue weighted by atomic mass is 16.5. The SMILES string of the molecule is CCNC(=NCC(C)(O)c1cnn(C)c1)NC1C2CCCOC2C1(C)C. The molecule has 1 aromatic heterocycles. The number of ether oxygens (including phenoxy) is 1. The van der Waals surface area contributed by atoms with E-state index in [4.69, 9.17) is 4.74 Å². The van der Waals surface area contributed by atoms with Gasteiger partial charge in [0.2, 0.25) is 0 Å². The molecule has 0 aromatic carbocycles. The molecule has 4 unspecified atom stereocenters. The Bertz CT molecular complexity index is 652. The van der Waals surface area contributed by atoms with E-state index in [1.807, 2.05) is 13.2 Å². The number of rotatable bonds is 5. The number of guanidine groups is 1. The Hall–Kier alpha value is -1.60. The zero-order valence-electron chi connectivity index (χ0n) is 16.6. The average Bonchev–Trinajstić information content (AvgIpc) is 3.04. The van der Waals surface area contributed by atoms with Gasteiger partial charge in [-0.05, 0) is 26.7 Å². The van der Waals surface area contributed by atoms with E-state index in [0.29, 0.717) is 18.1 Å². The Morgan fingerprint density at radius 2 is 2.31 bits per heavy atom. The number of hydrogen-bond donors (Lipinski definition) is 3. The van der Waals surface area contributed by atoms with Crippen LogP contribution in [0.2, 0.25) is 0 Å². The third-order valence-corrected chi connectivity index (χ3v) is 5.84. The van der Waals surface area contributed by atoms with E-state index in [9.17, 15) is 5.11 Å². The summed E-state index contributed by atoms with van der Waals surface area (Å²) in [4.78, 5) is 4.66. The van der Waals surface area contributed by atoms with Crippen LogP contribution in [0.3, 0.4) is 0 Å². The lowest BCUT2D eigenvalue weighted by molar-refractivity contribution is -0.188. The standard InChI is InChI=1S/C19H33N5O2/c1-6-20-17(21-12-19(4,25)13-10-22-24(5)11-13)23-15-14-8-7-9-26-16(14)18(15,2)3/h10-11,14-16,25H,6-9,12H2,1-5H3,(H2,20,21,23). The van der Waals surface area contributed by atoms with Gasteiger partial charge in [-0.3, -0.25) is 4.68 Å². The lowest BCUT2D eigenvalue weighted by atomic mass is 9.55. The van der Waals surface area contributed by atoms with E-state index in [-0.39, 0.29) is 12.0 Å². The van der Waals surface area contributed by atoms with E-state index >= 15 is 0 Å². The van der Waals surface area contributed by atoms with Crippen molar-refractivity contribution in [2.75, 3.05) is 19.7 Å². The van der Waals surface area contributed by atoms with Crippen LogP contribution in [0.5, 0.6) is 0 Å². The van der Waals surface area contributed by atoms with Gasteiger partial charge in [0.15, 0.2) is 5.96 Å². The number of aryl methyl sites for hydroxylation is 1. The first-order valence-electron chi connectivity index (χ1n) is 9.63. The van der Waals surface area contributed by atoms with Gasteiger partial charge in [0.25, 0.3) is 0 Å². The van der Waals surface area contributed by atoms with Crippen LogP contribution in [0.25, 0.3) is 0 Å². The summed E-state index contributed by atoms with van der Waals surface area (Å²) in [6, 6.07) is 0.328. The molecule has 146 valence electrons. The first-order valence-corrected chi connectivity index (χ1v) is 9.63. The minimum absolute atomic E-state index is 0.0765. The zero-order chi connectivity index (χ0) is 18.9. The fourth-order valence-electron chi connectivity index (χ4n) is 4.31. The molecule has 1 aliphatic carbocycles. The van der Waals surface area contributed by atoms with Crippen molar-refractivity contribution in [3.63, 3.8) is 0 Å². The molecule has 1 aliphatic heterocycles.